The molecule has 2 fully saturated rings. The van der Waals surface area contributed by atoms with Crippen molar-refractivity contribution in [1.82, 2.24) is 0 Å². The first kappa shape index (κ1) is 18.1. The first-order valence-corrected chi connectivity index (χ1v) is 8.35. The summed E-state index contributed by atoms with van der Waals surface area (Å²) in [6, 6.07) is 0. The molecule has 1 unspecified atom stereocenters. The van der Waals surface area contributed by atoms with Crippen LogP contribution in [0.4, 0.5) is 13.2 Å². The number of aliphatic hydroxyl groups excluding tert-OH is 1. The van der Waals surface area contributed by atoms with E-state index in [1.54, 1.807) is 0 Å². The molecule has 1 N–H and O–H groups in total. The highest BCUT2D eigenvalue weighted by Gasteiger charge is 2.54. The summed E-state index contributed by atoms with van der Waals surface area (Å²) in [5.41, 5.74) is -0.574. The number of esters is 1. The molecular weight excluding hydrogens is 309 g/mol. The van der Waals surface area contributed by atoms with Gasteiger partial charge in [-0.3, -0.25) is 4.79 Å². The Morgan fingerprint density at radius 2 is 2.22 bits per heavy atom. The molecule has 1 aliphatic heterocycles. The average Bonchev–Trinajstić information content (AvgIpc) is 2.88. The smallest absolute Gasteiger partial charge is 0.392 e. The molecule has 23 heavy (non-hydrogen) atoms. The van der Waals surface area contributed by atoms with Crippen molar-refractivity contribution < 1.29 is 27.8 Å². The molecule has 0 spiro atoms. The normalized spacial score (nSPS) is 32.7. The lowest BCUT2D eigenvalue weighted by Crippen LogP contribution is -2.28. The zero-order chi connectivity index (χ0) is 17.3. The quantitative estimate of drug-likeness (QED) is 0.554. The minimum absolute atomic E-state index is 0.0113. The number of allylic oxidation sites excluding steroid dienone is 2. The summed E-state index contributed by atoms with van der Waals surface area (Å²) in [5.74, 6) is -2.12. The third-order valence-corrected chi connectivity index (χ3v) is 5.32. The number of rotatable bonds is 6. The second-order valence-electron chi connectivity index (χ2n) is 6.99. The van der Waals surface area contributed by atoms with Crippen molar-refractivity contribution in [3.05, 3.63) is 11.8 Å². The van der Waals surface area contributed by atoms with E-state index in [9.17, 15) is 23.1 Å². The van der Waals surface area contributed by atoms with Crippen molar-refractivity contribution >= 4 is 5.97 Å². The molecule has 2 rings (SSSR count). The van der Waals surface area contributed by atoms with E-state index in [2.05, 4.69) is 0 Å². The largest absolute Gasteiger partial charge is 0.512 e. The number of halogens is 3. The molecule has 1 aliphatic carbocycles. The van der Waals surface area contributed by atoms with E-state index in [0.717, 1.165) is 0 Å². The molecular formula is C17H25F3O3. The van der Waals surface area contributed by atoms with Crippen LogP contribution in [0.25, 0.3) is 0 Å². The zero-order valence-electron chi connectivity index (χ0n) is 13.7. The van der Waals surface area contributed by atoms with Gasteiger partial charge in [0.1, 0.15) is 5.60 Å². The Kier molecular flexibility index (Phi) is 5.31. The minimum atomic E-state index is -4.25. The fourth-order valence-electron chi connectivity index (χ4n) is 3.85. The predicted octanol–water partition coefficient (Wildman–Crippen LogP) is 4.92. The first-order chi connectivity index (χ1) is 10.7. The molecule has 1 saturated carbocycles. The van der Waals surface area contributed by atoms with E-state index >= 15 is 0 Å². The highest BCUT2D eigenvalue weighted by atomic mass is 19.4. The van der Waals surface area contributed by atoms with Crippen LogP contribution in [0.1, 0.15) is 58.8 Å². The number of ether oxygens (including phenoxy) is 1. The Labute approximate surface area is 134 Å². The van der Waals surface area contributed by atoms with E-state index in [0.29, 0.717) is 25.7 Å². The van der Waals surface area contributed by atoms with E-state index in [-0.39, 0.29) is 42.8 Å². The monoisotopic (exact) mass is 334 g/mol. The maximum atomic E-state index is 13.0. The number of carbonyl (C=O) groups excluding carboxylic acids is 1. The number of unbranched alkanes of at least 4 members (excludes halogenated alkanes) is 1. The first-order valence-electron chi connectivity index (χ1n) is 8.35. The van der Waals surface area contributed by atoms with Crippen LogP contribution in [0, 0.1) is 17.8 Å². The molecule has 0 aromatic rings. The summed E-state index contributed by atoms with van der Waals surface area (Å²) in [7, 11) is 0. The van der Waals surface area contributed by atoms with Crippen LogP contribution >= 0.6 is 0 Å². The van der Waals surface area contributed by atoms with Crippen LogP contribution in [0.5, 0.6) is 0 Å². The second-order valence-corrected chi connectivity index (χ2v) is 6.99. The Bertz CT molecular complexity index is 472. The van der Waals surface area contributed by atoms with E-state index < -0.39 is 17.7 Å². The van der Waals surface area contributed by atoms with Gasteiger partial charge in [-0.2, -0.15) is 13.2 Å². The molecule has 6 heteroatoms. The molecule has 0 amide bonds. The van der Waals surface area contributed by atoms with Gasteiger partial charge in [0.25, 0.3) is 0 Å². The summed E-state index contributed by atoms with van der Waals surface area (Å²) in [6.45, 7) is 3.70. The van der Waals surface area contributed by atoms with Gasteiger partial charge < -0.3 is 9.84 Å². The van der Waals surface area contributed by atoms with Gasteiger partial charge in [-0.05, 0) is 38.7 Å². The van der Waals surface area contributed by atoms with Gasteiger partial charge in [-0.25, -0.2) is 0 Å². The fourth-order valence-corrected chi connectivity index (χ4v) is 3.85. The van der Waals surface area contributed by atoms with Crippen molar-refractivity contribution in [3.63, 3.8) is 0 Å². The van der Waals surface area contributed by atoms with Gasteiger partial charge >= 0.3 is 12.1 Å². The number of alkyl halides is 3. The molecule has 0 aromatic heterocycles. The number of hydrogen-bond acceptors (Lipinski definition) is 3. The van der Waals surface area contributed by atoms with Crippen LogP contribution in [0.2, 0.25) is 0 Å². The summed E-state index contributed by atoms with van der Waals surface area (Å²) >= 11 is 0. The van der Waals surface area contributed by atoms with E-state index in [1.165, 1.54) is 6.08 Å². The standard InChI is InChI=1S/C17H25F3O3/c1-3-4-5-11(17(18,19)20)6-7-14(21)12-8-9-16(2)13(12)10-15(22)23-16/h7,11-13,21H,3-6,8-10H2,1-2H3/t11?,12-,13+,16+/m0/s1. The third-order valence-electron chi connectivity index (χ3n) is 5.32. The average molecular weight is 334 g/mol. The maximum Gasteiger partial charge on any atom is 0.392 e. The number of carbonyl (C=O) groups is 1. The summed E-state index contributed by atoms with van der Waals surface area (Å²) in [6.07, 6.45) is -0.308. The maximum absolute atomic E-state index is 13.0. The molecule has 2 aliphatic rings. The third kappa shape index (κ3) is 4.01. The van der Waals surface area contributed by atoms with Gasteiger partial charge in [-0.1, -0.05) is 19.8 Å². The highest BCUT2D eigenvalue weighted by Crippen LogP contribution is 2.51. The van der Waals surface area contributed by atoms with Crippen molar-refractivity contribution in [2.75, 3.05) is 0 Å². The zero-order valence-corrected chi connectivity index (χ0v) is 13.7. The molecule has 3 nitrogen and oxygen atoms in total. The second kappa shape index (κ2) is 6.73. The van der Waals surface area contributed by atoms with Crippen molar-refractivity contribution in [2.24, 2.45) is 17.8 Å². The van der Waals surface area contributed by atoms with E-state index in [4.69, 9.17) is 4.74 Å². The predicted molar refractivity (Wildman–Crippen MR) is 79.7 cm³/mol. The Balaban J connectivity index is 2.03. The molecule has 0 radical (unpaired) electrons. The van der Waals surface area contributed by atoms with Gasteiger partial charge in [0.15, 0.2) is 0 Å². The molecule has 4 atom stereocenters. The highest BCUT2D eigenvalue weighted by molar-refractivity contribution is 5.73. The van der Waals surface area contributed by atoms with Gasteiger partial charge in [0.05, 0.1) is 18.1 Å². The number of fused-ring (bicyclic) bond motifs is 1. The molecule has 132 valence electrons. The summed E-state index contributed by atoms with van der Waals surface area (Å²) in [4.78, 5) is 11.5. The molecule has 0 aromatic carbocycles. The SMILES string of the molecule is CCCCC(CC=C(O)[C@H]1CC[C@@]2(C)OC(=O)C[C@H]12)C(F)(F)F. The fraction of sp³-hybridized carbons (Fsp3) is 0.824. The van der Waals surface area contributed by atoms with Crippen LogP contribution in [0.15, 0.2) is 11.8 Å². The lowest BCUT2D eigenvalue weighted by molar-refractivity contribution is -0.175. The van der Waals surface area contributed by atoms with E-state index in [1.807, 2.05) is 13.8 Å². The summed E-state index contributed by atoms with van der Waals surface area (Å²) in [5, 5.41) is 10.3. The van der Waals surface area contributed by atoms with Crippen molar-refractivity contribution in [1.29, 1.82) is 0 Å². The van der Waals surface area contributed by atoms with Crippen LogP contribution in [-0.4, -0.2) is 22.9 Å². The topological polar surface area (TPSA) is 46.5 Å². The lowest BCUT2D eigenvalue weighted by Gasteiger charge is -2.24. The summed E-state index contributed by atoms with van der Waals surface area (Å²) < 4.78 is 44.4. The van der Waals surface area contributed by atoms with Crippen molar-refractivity contribution in [2.45, 2.75) is 70.6 Å². The van der Waals surface area contributed by atoms with Gasteiger partial charge in [0, 0.05) is 11.8 Å². The van der Waals surface area contributed by atoms with Crippen LogP contribution in [-0.2, 0) is 9.53 Å². The molecule has 0 bridgehead atoms. The Morgan fingerprint density at radius 3 is 2.83 bits per heavy atom. The molecule has 1 saturated heterocycles. The van der Waals surface area contributed by atoms with Crippen molar-refractivity contribution in [3.8, 4) is 0 Å². The van der Waals surface area contributed by atoms with Gasteiger partial charge in [-0.15, -0.1) is 0 Å². The van der Waals surface area contributed by atoms with Crippen LogP contribution in [0.3, 0.4) is 0 Å². The Hall–Kier alpha value is -1.20. The lowest BCUT2D eigenvalue weighted by atomic mass is 9.85. The number of hydrogen-bond donors (Lipinski definition) is 1. The number of aliphatic hydroxyl groups is 1. The van der Waals surface area contributed by atoms with Gasteiger partial charge in [0.2, 0.25) is 0 Å². The minimum Gasteiger partial charge on any atom is -0.512 e. The molecule has 1 heterocycles. The van der Waals surface area contributed by atoms with Crippen LogP contribution < -0.4 is 0 Å². The Morgan fingerprint density at radius 1 is 1.52 bits per heavy atom.